The van der Waals surface area contributed by atoms with Crippen molar-refractivity contribution in [2.75, 3.05) is 0 Å². The van der Waals surface area contributed by atoms with E-state index in [0.29, 0.717) is 5.65 Å². The number of hydrogen-bond donors (Lipinski definition) is 3. The molecule has 3 N–H and O–H groups in total. The van der Waals surface area contributed by atoms with E-state index in [1.54, 1.807) is 28.3 Å². The number of benzene rings is 2. The summed E-state index contributed by atoms with van der Waals surface area (Å²) in [4.78, 5) is 16.9. The predicted molar refractivity (Wildman–Crippen MR) is 129 cm³/mol. The molecule has 7 heteroatoms. The Bertz CT molecular complexity index is 1220. The van der Waals surface area contributed by atoms with E-state index in [-0.39, 0.29) is 12.3 Å². The van der Waals surface area contributed by atoms with Crippen LogP contribution in [0.3, 0.4) is 0 Å². The van der Waals surface area contributed by atoms with Gasteiger partial charge in [-0.15, -0.1) is 0 Å². The van der Waals surface area contributed by atoms with Gasteiger partial charge in [-0.1, -0.05) is 67.9 Å². The van der Waals surface area contributed by atoms with Crippen LogP contribution in [0.25, 0.3) is 16.8 Å². The van der Waals surface area contributed by atoms with Gasteiger partial charge in [0.25, 0.3) is 5.91 Å². The lowest BCUT2D eigenvalue weighted by molar-refractivity contribution is -0.174. The number of ether oxygens (including phenoxy) is 1. The zero-order valence-corrected chi connectivity index (χ0v) is 19.3. The Labute approximate surface area is 198 Å². The summed E-state index contributed by atoms with van der Waals surface area (Å²) in [6, 6.07) is 21.8. The molecule has 4 rings (SSSR count). The maximum Gasteiger partial charge on any atom is 0.278 e. The Morgan fingerprint density at radius 3 is 2.29 bits per heavy atom. The van der Waals surface area contributed by atoms with Crippen LogP contribution in [0.5, 0.6) is 0 Å². The largest absolute Gasteiger partial charge is 0.383 e. The van der Waals surface area contributed by atoms with E-state index in [4.69, 9.17) is 4.74 Å². The molecule has 0 aliphatic heterocycles. The van der Waals surface area contributed by atoms with Crippen molar-refractivity contribution in [3.8, 4) is 11.1 Å². The van der Waals surface area contributed by atoms with Crippen molar-refractivity contribution in [2.24, 2.45) is 0 Å². The van der Waals surface area contributed by atoms with Crippen molar-refractivity contribution in [1.82, 2.24) is 14.9 Å². The van der Waals surface area contributed by atoms with E-state index >= 15 is 0 Å². The molecular formula is C27H29N3O4. The molecule has 0 radical (unpaired) electrons. The first kappa shape index (κ1) is 23.6. The van der Waals surface area contributed by atoms with Gasteiger partial charge in [0.1, 0.15) is 11.8 Å². The number of hydroxylamine groups is 1. The van der Waals surface area contributed by atoms with Gasteiger partial charge < -0.3 is 14.2 Å². The van der Waals surface area contributed by atoms with Crippen molar-refractivity contribution in [1.29, 1.82) is 0 Å². The zero-order valence-electron chi connectivity index (χ0n) is 19.3. The van der Waals surface area contributed by atoms with Gasteiger partial charge >= 0.3 is 0 Å². The molecule has 2 aromatic carbocycles. The minimum Gasteiger partial charge on any atom is -0.383 e. The number of nitrogens with zero attached hydrogens (tertiary/aromatic N) is 2. The number of carbonyl (C=O) groups excluding carboxylic acids is 1. The zero-order chi connectivity index (χ0) is 24.1. The first-order valence-corrected chi connectivity index (χ1v) is 11.3. The van der Waals surface area contributed by atoms with Gasteiger partial charge in [0.05, 0.1) is 12.3 Å². The van der Waals surface area contributed by atoms with Crippen molar-refractivity contribution in [3.05, 3.63) is 95.9 Å². The second-order valence-electron chi connectivity index (χ2n) is 8.51. The van der Waals surface area contributed by atoms with Crippen molar-refractivity contribution in [3.63, 3.8) is 0 Å². The summed E-state index contributed by atoms with van der Waals surface area (Å²) in [6.07, 6.45) is 4.21. The Kier molecular flexibility index (Phi) is 7.07. The molecule has 0 fully saturated rings. The Balaban J connectivity index is 1.50. The number of amides is 1. The van der Waals surface area contributed by atoms with Crippen LogP contribution >= 0.6 is 0 Å². The number of imidazole rings is 1. The molecule has 2 aromatic heterocycles. The minimum atomic E-state index is -1.76. The van der Waals surface area contributed by atoms with E-state index in [9.17, 15) is 15.1 Å². The van der Waals surface area contributed by atoms with E-state index in [2.05, 4.69) is 36.2 Å². The highest BCUT2D eigenvalue weighted by Crippen LogP contribution is 2.31. The molecule has 0 saturated heterocycles. The normalized spacial score (nSPS) is 14.0. The van der Waals surface area contributed by atoms with Gasteiger partial charge in [-0.25, -0.2) is 10.5 Å². The predicted octanol–water partition coefficient (Wildman–Crippen LogP) is 4.47. The van der Waals surface area contributed by atoms with Crippen LogP contribution in [-0.2, 0) is 22.6 Å². The minimum absolute atomic E-state index is 0.0596. The molecule has 176 valence electrons. The SMILES string of the molecule is CCCc1ccc(-c2ccc(COC(C)(C(=O)NO)C(O)c3cn4ccccc4n3)cc2)cc1. The molecule has 0 saturated carbocycles. The third kappa shape index (κ3) is 4.87. The van der Waals surface area contributed by atoms with Crippen LogP contribution in [0.1, 0.15) is 43.2 Å². The highest BCUT2D eigenvalue weighted by Gasteiger charge is 2.44. The second kappa shape index (κ2) is 10.2. The average molecular weight is 460 g/mol. The summed E-state index contributed by atoms with van der Waals surface area (Å²) in [5, 5.41) is 20.3. The highest BCUT2D eigenvalue weighted by atomic mass is 16.5. The van der Waals surface area contributed by atoms with Gasteiger partial charge in [0.2, 0.25) is 0 Å². The molecule has 0 aliphatic rings. The van der Waals surface area contributed by atoms with Gasteiger partial charge in [0.15, 0.2) is 5.60 Å². The van der Waals surface area contributed by atoms with Crippen LogP contribution in [-0.4, -0.2) is 31.2 Å². The van der Waals surface area contributed by atoms with Gasteiger partial charge in [-0.05, 0) is 47.7 Å². The monoisotopic (exact) mass is 459 g/mol. The third-order valence-corrected chi connectivity index (χ3v) is 6.06. The molecule has 2 heterocycles. The number of aromatic nitrogens is 2. The molecule has 2 unspecified atom stereocenters. The van der Waals surface area contributed by atoms with Crippen molar-refractivity contribution in [2.45, 2.75) is 45.0 Å². The fourth-order valence-electron chi connectivity index (χ4n) is 3.93. The number of fused-ring (bicyclic) bond motifs is 1. The van der Waals surface area contributed by atoms with E-state index in [1.807, 2.05) is 36.4 Å². The Morgan fingerprint density at radius 1 is 1.06 bits per heavy atom. The summed E-state index contributed by atoms with van der Waals surface area (Å²) in [6.45, 7) is 3.66. The summed E-state index contributed by atoms with van der Waals surface area (Å²) in [7, 11) is 0. The maximum absolute atomic E-state index is 12.5. The number of carbonyl (C=O) groups is 1. The highest BCUT2D eigenvalue weighted by molar-refractivity contribution is 5.84. The summed E-state index contributed by atoms with van der Waals surface area (Å²) in [5.41, 5.74) is 5.08. The smallest absolute Gasteiger partial charge is 0.278 e. The van der Waals surface area contributed by atoms with Crippen LogP contribution in [0.15, 0.2) is 79.1 Å². The number of pyridine rings is 1. The van der Waals surface area contributed by atoms with Crippen LogP contribution < -0.4 is 5.48 Å². The lowest BCUT2D eigenvalue weighted by Gasteiger charge is -2.31. The van der Waals surface area contributed by atoms with Crippen LogP contribution in [0.4, 0.5) is 0 Å². The Morgan fingerprint density at radius 2 is 1.71 bits per heavy atom. The lowest BCUT2D eigenvalue weighted by Crippen LogP contribution is -2.50. The van der Waals surface area contributed by atoms with Crippen molar-refractivity contribution >= 4 is 11.6 Å². The fraction of sp³-hybridized carbons (Fsp3) is 0.259. The third-order valence-electron chi connectivity index (χ3n) is 6.06. The van der Waals surface area contributed by atoms with Gasteiger partial charge in [-0.2, -0.15) is 0 Å². The van der Waals surface area contributed by atoms with Crippen LogP contribution in [0.2, 0.25) is 0 Å². The number of nitrogens with one attached hydrogen (secondary N) is 1. The topological polar surface area (TPSA) is 96.1 Å². The number of aliphatic hydroxyl groups is 1. The van der Waals surface area contributed by atoms with E-state index in [1.165, 1.54) is 12.5 Å². The summed E-state index contributed by atoms with van der Waals surface area (Å²) < 4.78 is 7.64. The molecule has 1 amide bonds. The first-order valence-electron chi connectivity index (χ1n) is 11.3. The number of hydrogen-bond acceptors (Lipinski definition) is 5. The molecule has 2 atom stereocenters. The standard InChI is InChI=1S/C27H29N3O4/c1-3-6-19-8-12-21(13-9-19)22-14-10-20(11-15-22)18-34-27(2,26(32)29-33)25(31)23-17-30-16-5-4-7-24(30)28-23/h4-5,7-17,25,31,33H,3,6,18H2,1-2H3,(H,29,32). The quantitative estimate of drug-likeness (QED) is 0.254. The molecule has 0 bridgehead atoms. The maximum atomic E-state index is 12.5. The molecule has 4 aromatic rings. The number of rotatable bonds is 9. The molecule has 0 spiro atoms. The van der Waals surface area contributed by atoms with Gasteiger partial charge in [-0.3, -0.25) is 10.0 Å². The molecular weight excluding hydrogens is 430 g/mol. The van der Waals surface area contributed by atoms with Gasteiger partial charge in [0, 0.05) is 12.4 Å². The first-order chi connectivity index (χ1) is 16.4. The van der Waals surface area contributed by atoms with Crippen molar-refractivity contribution < 1.29 is 19.8 Å². The Hall–Kier alpha value is -3.52. The fourth-order valence-corrected chi connectivity index (χ4v) is 3.93. The molecule has 0 aliphatic carbocycles. The number of aryl methyl sites for hydroxylation is 1. The number of aliphatic hydroxyl groups excluding tert-OH is 1. The molecule has 7 nitrogen and oxygen atoms in total. The second-order valence-corrected chi connectivity index (χ2v) is 8.51. The molecule has 34 heavy (non-hydrogen) atoms. The van der Waals surface area contributed by atoms with Crippen LogP contribution in [0, 0.1) is 0 Å². The summed E-state index contributed by atoms with van der Waals surface area (Å²) in [5.74, 6) is -0.860. The lowest BCUT2D eigenvalue weighted by atomic mass is 9.95. The average Bonchev–Trinajstić information content (AvgIpc) is 3.31. The summed E-state index contributed by atoms with van der Waals surface area (Å²) >= 11 is 0. The van der Waals surface area contributed by atoms with E-state index in [0.717, 1.165) is 29.5 Å². The van der Waals surface area contributed by atoms with E-state index < -0.39 is 17.6 Å².